The van der Waals surface area contributed by atoms with Crippen LogP contribution in [0.2, 0.25) is 0 Å². The highest BCUT2D eigenvalue weighted by Crippen LogP contribution is 2.30. The van der Waals surface area contributed by atoms with Crippen molar-refractivity contribution in [3.63, 3.8) is 0 Å². The van der Waals surface area contributed by atoms with Gasteiger partial charge in [0.2, 0.25) is 11.6 Å². The number of aromatic amines is 1. The van der Waals surface area contributed by atoms with Gasteiger partial charge < -0.3 is 4.98 Å². The Labute approximate surface area is 142 Å². The summed E-state index contributed by atoms with van der Waals surface area (Å²) in [6.07, 6.45) is 1.69. The standard InChI is InChI=1S/C20H11N3O2/c24-18-12-6-1-2-7-13(12)19(25)17-16(18)22-20(23-17)14-9-10-21-15-8-4-3-5-11(14)15/h1-10H,(H,22,23). The van der Waals surface area contributed by atoms with Crippen LogP contribution >= 0.6 is 0 Å². The van der Waals surface area contributed by atoms with Crippen LogP contribution in [0.15, 0.2) is 60.8 Å². The molecule has 0 amide bonds. The molecule has 5 nitrogen and oxygen atoms in total. The molecule has 5 heteroatoms. The molecule has 0 radical (unpaired) electrons. The van der Waals surface area contributed by atoms with Gasteiger partial charge in [0.05, 0.1) is 5.52 Å². The predicted molar refractivity (Wildman–Crippen MR) is 92.6 cm³/mol. The highest BCUT2D eigenvalue weighted by atomic mass is 16.1. The van der Waals surface area contributed by atoms with E-state index in [1.807, 2.05) is 30.3 Å². The molecule has 0 saturated carbocycles. The molecule has 118 valence electrons. The molecule has 0 unspecified atom stereocenters. The molecular weight excluding hydrogens is 314 g/mol. The van der Waals surface area contributed by atoms with Crippen molar-refractivity contribution in [2.45, 2.75) is 0 Å². The highest BCUT2D eigenvalue weighted by Gasteiger charge is 2.33. The van der Waals surface area contributed by atoms with Gasteiger partial charge in [-0.2, -0.15) is 0 Å². The van der Waals surface area contributed by atoms with E-state index in [1.165, 1.54) is 0 Å². The topological polar surface area (TPSA) is 75.7 Å². The zero-order valence-corrected chi connectivity index (χ0v) is 13.0. The van der Waals surface area contributed by atoms with Gasteiger partial charge in [-0.3, -0.25) is 14.6 Å². The van der Waals surface area contributed by atoms with E-state index in [-0.39, 0.29) is 23.0 Å². The quantitative estimate of drug-likeness (QED) is 0.512. The maximum absolute atomic E-state index is 12.7. The van der Waals surface area contributed by atoms with Gasteiger partial charge in [-0.25, -0.2) is 4.98 Å². The lowest BCUT2D eigenvalue weighted by molar-refractivity contribution is 0.0974. The molecule has 1 N–H and O–H groups in total. The summed E-state index contributed by atoms with van der Waals surface area (Å²) in [5, 5.41) is 0.911. The molecule has 0 spiro atoms. The van der Waals surface area contributed by atoms with Gasteiger partial charge in [0.15, 0.2) is 0 Å². The molecule has 25 heavy (non-hydrogen) atoms. The molecule has 0 aliphatic heterocycles. The number of nitrogens with zero attached hydrogens (tertiary/aromatic N) is 2. The Hall–Kier alpha value is -3.60. The number of carbonyl (C=O) groups is 2. The Kier molecular flexibility index (Phi) is 2.73. The number of nitrogens with one attached hydrogen (secondary N) is 1. The van der Waals surface area contributed by atoms with E-state index >= 15 is 0 Å². The Morgan fingerprint density at radius 2 is 1.48 bits per heavy atom. The van der Waals surface area contributed by atoms with E-state index in [0.29, 0.717) is 17.0 Å². The van der Waals surface area contributed by atoms with Gasteiger partial charge in [0.1, 0.15) is 17.2 Å². The average Bonchev–Trinajstić information content (AvgIpc) is 3.11. The van der Waals surface area contributed by atoms with Crippen LogP contribution in [-0.4, -0.2) is 26.5 Å². The number of imidazole rings is 1. The Morgan fingerprint density at radius 3 is 2.32 bits per heavy atom. The summed E-state index contributed by atoms with van der Waals surface area (Å²) < 4.78 is 0. The molecule has 0 bridgehead atoms. The largest absolute Gasteiger partial charge is 0.335 e. The number of benzene rings is 2. The third kappa shape index (κ3) is 1.89. The third-order valence-corrected chi connectivity index (χ3v) is 4.47. The van der Waals surface area contributed by atoms with Crippen molar-refractivity contribution >= 4 is 22.5 Å². The third-order valence-electron chi connectivity index (χ3n) is 4.47. The SMILES string of the molecule is O=C1c2ccccc2C(=O)c2[nH]c(-c3ccnc4ccccc34)nc21. The van der Waals surface area contributed by atoms with E-state index in [9.17, 15) is 9.59 Å². The van der Waals surface area contributed by atoms with Crippen LogP contribution in [0.5, 0.6) is 0 Å². The summed E-state index contributed by atoms with van der Waals surface area (Å²) in [5.41, 5.74) is 2.88. The summed E-state index contributed by atoms with van der Waals surface area (Å²) in [5.74, 6) is 0.0616. The second-order valence-electron chi connectivity index (χ2n) is 5.89. The molecule has 0 saturated heterocycles. The number of carbonyl (C=O) groups excluding carboxylic acids is 2. The van der Waals surface area contributed by atoms with Crippen molar-refractivity contribution < 1.29 is 9.59 Å². The van der Waals surface area contributed by atoms with Gasteiger partial charge in [-0.05, 0) is 12.1 Å². The number of hydrogen-bond donors (Lipinski definition) is 1. The molecule has 0 atom stereocenters. The first-order chi connectivity index (χ1) is 12.2. The fourth-order valence-electron chi connectivity index (χ4n) is 3.27. The number of rotatable bonds is 1. The highest BCUT2D eigenvalue weighted by molar-refractivity contribution is 6.27. The molecular formula is C20H11N3O2. The van der Waals surface area contributed by atoms with Crippen LogP contribution in [0.25, 0.3) is 22.3 Å². The van der Waals surface area contributed by atoms with E-state index in [2.05, 4.69) is 15.0 Å². The number of hydrogen-bond acceptors (Lipinski definition) is 4. The van der Waals surface area contributed by atoms with Crippen molar-refractivity contribution in [2.24, 2.45) is 0 Å². The Bertz CT molecular complexity index is 1130. The molecule has 1 aliphatic carbocycles. The van der Waals surface area contributed by atoms with E-state index in [1.54, 1.807) is 30.5 Å². The van der Waals surface area contributed by atoms with Crippen LogP contribution in [0.3, 0.4) is 0 Å². The predicted octanol–water partition coefficient (Wildman–Crippen LogP) is 3.40. The second-order valence-corrected chi connectivity index (χ2v) is 5.89. The van der Waals surface area contributed by atoms with Crippen molar-refractivity contribution in [1.82, 2.24) is 15.0 Å². The maximum Gasteiger partial charge on any atom is 0.214 e. The van der Waals surface area contributed by atoms with Crippen LogP contribution in [0, 0.1) is 0 Å². The monoisotopic (exact) mass is 325 g/mol. The Balaban J connectivity index is 1.75. The first-order valence-corrected chi connectivity index (χ1v) is 7.86. The van der Waals surface area contributed by atoms with Gasteiger partial charge in [0, 0.05) is 28.3 Å². The van der Waals surface area contributed by atoms with Gasteiger partial charge in [-0.1, -0.05) is 42.5 Å². The zero-order valence-electron chi connectivity index (χ0n) is 13.0. The van der Waals surface area contributed by atoms with Crippen LogP contribution in [0.1, 0.15) is 32.1 Å². The van der Waals surface area contributed by atoms with E-state index in [0.717, 1.165) is 16.5 Å². The number of aromatic nitrogens is 3. The smallest absolute Gasteiger partial charge is 0.214 e. The normalized spacial score (nSPS) is 13.0. The zero-order chi connectivity index (χ0) is 17.0. The number of pyridine rings is 1. The molecule has 0 fully saturated rings. The fourth-order valence-corrected chi connectivity index (χ4v) is 3.27. The van der Waals surface area contributed by atoms with E-state index < -0.39 is 0 Å². The van der Waals surface area contributed by atoms with Crippen LogP contribution in [-0.2, 0) is 0 Å². The minimum absolute atomic E-state index is 0.180. The fraction of sp³-hybridized carbons (Fsp3) is 0. The Morgan fingerprint density at radius 1 is 0.760 bits per heavy atom. The van der Waals surface area contributed by atoms with Crippen molar-refractivity contribution in [1.29, 1.82) is 0 Å². The molecule has 2 aromatic heterocycles. The number of fused-ring (bicyclic) bond motifs is 3. The summed E-state index contributed by atoms with van der Waals surface area (Å²) in [7, 11) is 0. The van der Waals surface area contributed by atoms with Crippen LogP contribution < -0.4 is 0 Å². The minimum atomic E-state index is -0.230. The first-order valence-electron chi connectivity index (χ1n) is 7.86. The average molecular weight is 325 g/mol. The maximum atomic E-state index is 12.7. The molecule has 5 rings (SSSR count). The van der Waals surface area contributed by atoms with Crippen LogP contribution in [0.4, 0.5) is 0 Å². The van der Waals surface area contributed by atoms with Gasteiger partial charge >= 0.3 is 0 Å². The minimum Gasteiger partial charge on any atom is -0.335 e. The first kappa shape index (κ1) is 13.8. The summed E-state index contributed by atoms with van der Waals surface area (Å²) in [4.78, 5) is 37.3. The van der Waals surface area contributed by atoms with Crippen molar-refractivity contribution in [3.8, 4) is 11.4 Å². The number of para-hydroxylation sites is 1. The number of H-pyrrole nitrogens is 1. The summed E-state index contributed by atoms with van der Waals surface area (Å²) in [6, 6.07) is 16.3. The van der Waals surface area contributed by atoms with Crippen molar-refractivity contribution in [2.75, 3.05) is 0 Å². The lowest BCUT2D eigenvalue weighted by Crippen LogP contribution is -2.20. The number of ketones is 2. The lowest BCUT2D eigenvalue weighted by Gasteiger charge is -2.11. The second kappa shape index (κ2) is 4.95. The molecule has 2 heterocycles. The molecule has 4 aromatic rings. The lowest BCUT2D eigenvalue weighted by atomic mass is 9.90. The van der Waals surface area contributed by atoms with Crippen molar-refractivity contribution in [3.05, 3.63) is 83.3 Å². The van der Waals surface area contributed by atoms with Gasteiger partial charge in [0.25, 0.3) is 0 Å². The van der Waals surface area contributed by atoms with Gasteiger partial charge in [-0.15, -0.1) is 0 Å². The summed E-state index contributed by atoms with van der Waals surface area (Å²) in [6.45, 7) is 0. The summed E-state index contributed by atoms with van der Waals surface area (Å²) >= 11 is 0. The molecule has 2 aromatic carbocycles. The van der Waals surface area contributed by atoms with E-state index in [4.69, 9.17) is 0 Å². The molecule has 1 aliphatic rings.